The third kappa shape index (κ3) is 3.28. The number of likely N-dealkylation sites (tertiary alicyclic amines) is 1. The first-order valence-corrected chi connectivity index (χ1v) is 9.41. The van der Waals surface area contributed by atoms with Gasteiger partial charge in [0.15, 0.2) is 5.78 Å². The van der Waals surface area contributed by atoms with Crippen molar-refractivity contribution in [3.05, 3.63) is 24.2 Å². The van der Waals surface area contributed by atoms with Crippen LogP contribution in [0.15, 0.2) is 23.0 Å². The van der Waals surface area contributed by atoms with Gasteiger partial charge in [0.2, 0.25) is 5.91 Å². The average Bonchev–Trinajstić information content (AvgIpc) is 3.41. The molecule has 3 atom stereocenters. The van der Waals surface area contributed by atoms with E-state index in [9.17, 15) is 14.4 Å². The highest BCUT2D eigenvalue weighted by atomic mass is 16.5. The molecule has 2 unspecified atom stereocenters. The lowest BCUT2D eigenvalue weighted by atomic mass is 9.96. The predicted octanol–water partition coefficient (Wildman–Crippen LogP) is 1.53. The molecule has 1 N–H and O–H groups in total. The highest BCUT2D eigenvalue weighted by Crippen LogP contribution is 2.31. The van der Waals surface area contributed by atoms with E-state index in [4.69, 9.17) is 9.15 Å². The van der Waals surface area contributed by atoms with Gasteiger partial charge in [0.05, 0.1) is 17.9 Å². The summed E-state index contributed by atoms with van der Waals surface area (Å²) in [6, 6.07) is 0.471. The molecular weight excluding hydrogens is 336 g/mol. The van der Waals surface area contributed by atoms with Crippen LogP contribution in [0.25, 0.3) is 0 Å². The Labute approximate surface area is 152 Å². The molecule has 0 bridgehead atoms. The van der Waals surface area contributed by atoms with Gasteiger partial charge in [-0.15, -0.1) is 0 Å². The minimum absolute atomic E-state index is 0.0402. The second-order valence-corrected chi connectivity index (χ2v) is 7.51. The molecule has 0 spiro atoms. The van der Waals surface area contributed by atoms with Gasteiger partial charge in [0.1, 0.15) is 25.0 Å². The van der Waals surface area contributed by atoms with Gasteiger partial charge in [-0.25, -0.2) is 0 Å². The Bertz CT molecular complexity index is 680. The van der Waals surface area contributed by atoms with Crippen molar-refractivity contribution in [3.63, 3.8) is 0 Å². The monoisotopic (exact) mass is 360 g/mol. The molecule has 1 aliphatic carbocycles. The molecule has 1 aromatic rings. The summed E-state index contributed by atoms with van der Waals surface area (Å²) in [7, 11) is 0. The van der Waals surface area contributed by atoms with Crippen molar-refractivity contribution in [2.45, 2.75) is 56.7 Å². The zero-order valence-corrected chi connectivity index (χ0v) is 14.7. The quantitative estimate of drug-likeness (QED) is 0.860. The molecule has 3 aliphatic rings. The predicted molar refractivity (Wildman–Crippen MR) is 91.4 cm³/mol. The number of ketones is 1. The van der Waals surface area contributed by atoms with Crippen LogP contribution in [0.4, 0.5) is 0 Å². The van der Waals surface area contributed by atoms with Gasteiger partial charge in [-0.1, -0.05) is 25.7 Å². The first-order chi connectivity index (χ1) is 12.6. The number of fused-ring (bicyclic) bond motifs is 1. The summed E-state index contributed by atoms with van der Waals surface area (Å²) in [4.78, 5) is 39.4. The fraction of sp³-hybridized carbons (Fsp3) is 0.632. The molecule has 2 aliphatic heterocycles. The van der Waals surface area contributed by atoms with Crippen LogP contribution in [0.5, 0.6) is 0 Å². The summed E-state index contributed by atoms with van der Waals surface area (Å²) >= 11 is 0. The lowest BCUT2D eigenvalue weighted by Gasteiger charge is -2.28. The first-order valence-electron chi connectivity index (χ1n) is 9.41. The zero-order valence-electron chi connectivity index (χ0n) is 14.7. The van der Waals surface area contributed by atoms with Crippen molar-refractivity contribution in [3.8, 4) is 0 Å². The number of hydrogen-bond acceptors (Lipinski definition) is 5. The molecule has 7 heteroatoms. The normalized spacial score (nSPS) is 26.9. The second kappa shape index (κ2) is 7.23. The number of amides is 2. The molecule has 3 fully saturated rings. The number of nitrogens with one attached hydrogen (secondary N) is 1. The van der Waals surface area contributed by atoms with Crippen LogP contribution in [-0.4, -0.2) is 53.8 Å². The lowest BCUT2D eigenvalue weighted by molar-refractivity contribution is -0.138. The van der Waals surface area contributed by atoms with Gasteiger partial charge in [-0.2, -0.15) is 0 Å². The Balaban J connectivity index is 1.50. The van der Waals surface area contributed by atoms with E-state index in [-0.39, 0.29) is 30.3 Å². The van der Waals surface area contributed by atoms with Crippen LogP contribution in [0.2, 0.25) is 0 Å². The van der Waals surface area contributed by atoms with Crippen LogP contribution in [-0.2, 0) is 14.3 Å². The number of carbonyl (C=O) groups excluding carboxylic acids is 3. The van der Waals surface area contributed by atoms with Crippen molar-refractivity contribution >= 4 is 17.6 Å². The van der Waals surface area contributed by atoms with Crippen LogP contribution < -0.4 is 5.32 Å². The van der Waals surface area contributed by atoms with Crippen molar-refractivity contribution < 1.29 is 23.5 Å². The van der Waals surface area contributed by atoms with Gasteiger partial charge in [-0.3, -0.25) is 14.4 Å². The number of Topliss-reactive ketones (excluding diaryl/α,β-unsaturated/α-hetero) is 1. The first kappa shape index (κ1) is 17.3. The summed E-state index contributed by atoms with van der Waals surface area (Å²) in [5.41, 5.74) is 0.397. The van der Waals surface area contributed by atoms with Crippen LogP contribution in [0, 0.1) is 5.92 Å². The van der Waals surface area contributed by atoms with Crippen LogP contribution in [0.1, 0.15) is 48.9 Å². The summed E-state index contributed by atoms with van der Waals surface area (Å²) < 4.78 is 10.4. The Morgan fingerprint density at radius 2 is 2.08 bits per heavy atom. The number of rotatable bonds is 5. The van der Waals surface area contributed by atoms with E-state index in [0.717, 1.165) is 12.8 Å². The largest absolute Gasteiger partial charge is 0.472 e. The third-order valence-corrected chi connectivity index (χ3v) is 5.83. The standard InChI is InChI=1S/C19H24N2O5/c22-15-11-26-16-5-7-21(17(15)16)19(24)14(9-12-3-1-2-4-12)20-18(23)13-6-8-25-10-13/h6,8,10,12,14,16-17H,1-5,7,9,11H2,(H,20,23)/t14-,16?,17?/m0/s1. The molecule has 140 valence electrons. The van der Waals surface area contributed by atoms with Gasteiger partial charge in [-0.05, 0) is 24.8 Å². The van der Waals surface area contributed by atoms with Crippen molar-refractivity contribution in [1.82, 2.24) is 10.2 Å². The molecule has 3 heterocycles. The summed E-state index contributed by atoms with van der Waals surface area (Å²) in [6.45, 7) is 0.580. The van der Waals surface area contributed by atoms with E-state index >= 15 is 0 Å². The van der Waals surface area contributed by atoms with E-state index in [0.29, 0.717) is 30.9 Å². The number of carbonyl (C=O) groups is 3. The molecule has 26 heavy (non-hydrogen) atoms. The van der Waals surface area contributed by atoms with Crippen molar-refractivity contribution in [2.75, 3.05) is 13.2 Å². The lowest BCUT2D eigenvalue weighted by Crippen LogP contribution is -2.52. The fourth-order valence-electron chi connectivity index (χ4n) is 4.48. The van der Waals surface area contributed by atoms with Crippen LogP contribution >= 0.6 is 0 Å². The maximum atomic E-state index is 13.2. The molecular formula is C19H24N2O5. The topological polar surface area (TPSA) is 88.9 Å². The SMILES string of the molecule is O=C(N[C@@H](CC1CCCC1)C(=O)N1CCC2OCC(=O)C21)c1ccoc1. The zero-order chi connectivity index (χ0) is 18.1. The summed E-state index contributed by atoms with van der Waals surface area (Å²) in [5, 5.41) is 2.88. The van der Waals surface area contributed by atoms with Gasteiger partial charge in [0, 0.05) is 6.54 Å². The Hall–Kier alpha value is -2.15. The van der Waals surface area contributed by atoms with Gasteiger partial charge in [0.25, 0.3) is 5.91 Å². The number of hydrogen-bond donors (Lipinski definition) is 1. The third-order valence-electron chi connectivity index (χ3n) is 5.83. The molecule has 0 aromatic carbocycles. The van der Waals surface area contributed by atoms with Crippen molar-refractivity contribution in [2.24, 2.45) is 5.92 Å². The molecule has 1 aromatic heterocycles. The Kier molecular flexibility index (Phi) is 4.80. The molecule has 7 nitrogen and oxygen atoms in total. The molecule has 0 radical (unpaired) electrons. The van der Waals surface area contributed by atoms with E-state index in [1.807, 2.05) is 0 Å². The van der Waals surface area contributed by atoms with Crippen LogP contribution in [0.3, 0.4) is 0 Å². The number of nitrogens with zero attached hydrogens (tertiary/aromatic N) is 1. The number of ether oxygens (including phenoxy) is 1. The molecule has 2 saturated heterocycles. The average molecular weight is 360 g/mol. The van der Waals surface area contributed by atoms with E-state index in [1.54, 1.807) is 11.0 Å². The number of furan rings is 1. The fourth-order valence-corrected chi connectivity index (χ4v) is 4.48. The van der Waals surface area contributed by atoms with E-state index < -0.39 is 12.1 Å². The maximum Gasteiger partial charge on any atom is 0.255 e. The van der Waals surface area contributed by atoms with Crippen molar-refractivity contribution in [1.29, 1.82) is 0 Å². The smallest absolute Gasteiger partial charge is 0.255 e. The Morgan fingerprint density at radius 1 is 1.27 bits per heavy atom. The molecule has 2 amide bonds. The molecule has 4 rings (SSSR count). The summed E-state index contributed by atoms with van der Waals surface area (Å²) in [5.74, 6) is -0.0934. The maximum absolute atomic E-state index is 13.2. The van der Waals surface area contributed by atoms with E-state index in [1.165, 1.54) is 25.4 Å². The minimum atomic E-state index is -0.618. The Morgan fingerprint density at radius 3 is 2.81 bits per heavy atom. The molecule has 1 saturated carbocycles. The van der Waals surface area contributed by atoms with Gasteiger partial charge < -0.3 is 19.4 Å². The second-order valence-electron chi connectivity index (χ2n) is 7.51. The minimum Gasteiger partial charge on any atom is -0.472 e. The van der Waals surface area contributed by atoms with Gasteiger partial charge >= 0.3 is 0 Å². The highest BCUT2D eigenvalue weighted by molar-refractivity contribution is 5.99. The summed E-state index contributed by atoms with van der Waals surface area (Å²) in [6.07, 6.45) is 8.40. The van der Waals surface area contributed by atoms with E-state index in [2.05, 4.69) is 5.32 Å². The highest BCUT2D eigenvalue weighted by Gasteiger charge is 2.48.